The largest absolute Gasteiger partial charge is 0.322 e. The van der Waals surface area contributed by atoms with Crippen LogP contribution < -0.4 is 5.32 Å². The van der Waals surface area contributed by atoms with Crippen LogP contribution in [0.3, 0.4) is 0 Å². The van der Waals surface area contributed by atoms with Crippen LogP contribution in [0.2, 0.25) is 0 Å². The zero-order valence-electron chi connectivity index (χ0n) is 18.3. The van der Waals surface area contributed by atoms with Gasteiger partial charge in [-0.3, -0.25) is 9.48 Å². The number of aromatic nitrogens is 3. The van der Waals surface area contributed by atoms with Gasteiger partial charge >= 0.3 is 0 Å². The molecule has 3 heterocycles. The van der Waals surface area contributed by atoms with Gasteiger partial charge in [0, 0.05) is 31.5 Å². The van der Waals surface area contributed by atoms with Crippen LogP contribution in [-0.4, -0.2) is 46.5 Å². The highest BCUT2D eigenvalue weighted by Crippen LogP contribution is 2.27. The van der Waals surface area contributed by atoms with Crippen molar-refractivity contribution < 1.29 is 13.2 Å². The maximum Gasteiger partial charge on any atom is 0.256 e. The van der Waals surface area contributed by atoms with Gasteiger partial charge in [-0.1, -0.05) is 12.5 Å². The van der Waals surface area contributed by atoms with Crippen LogP contribution in [0.25, 0.3) is 11.0 Å². The number of sulfonamides is 1. The second kappa shape index (κ2) is 8.05. The highest BCUT2D eigenvalue weighted by Gasteiger charge is 2.28. The van der Waals surface area contributed by atoms with Crippen molar-refractivity contribution in [3.05, 3.63) is 46.8 Å². The van der Waals surface area contributed by atoms with Crippen molar-refractivity contribution in [1.29, 1.82) is 0 Å². The summed E-state index contributed by atoms with van der Waals surface area (Å²) in [4.78, 5) is 17.9. The first-order valence-corrected chi connectivity index (χ1v) is 11.9. The number of nitrogens with one attached hydrogen (secondary N) is 1. The van der Waals surface area contributed by atoms with E-state index >= 15 is 0 Å². The zero-order chi connectivity index (χ0) is 22.3. The lowest BCUT2D eigenvalue weighted by atomic mass is 10.1. The van der Waals surface area contributed by atoms with Gasteiger partial charge in [-0.2, -0.15) is 9.40 Å². The number of anilines is 1. The highest BCUT2D eigenvalue weighted by atomic mass is 32.2. The van der Waals surface area contributed by atoms with Gasteiger partial charge < -0.3 is 5.32 Å². The highest BCUT2D eigenvalue weighted by molar-refractivity contribution is 7.89. The number of nitrogens with zero attached hydrogens (tertiary/aromatic N) is 4. The Balaban J connectivity index is 1.69. The summed E-state index contributed by atoms with van der Waals surface area (Å²) < 4.78 is 29.6. The summed E-state index contributed by atoms with van der Waals surface area (Å²) in [5.41, 5.74) is 3.63. The molecule has 0 atom stereocenters. The molecule has 1 N–H and O–H groups in total. The van der Waals surface area contributed by atoms with Crippen LogP contribution in [-0.2, 0) is 17.1 Å². The summed E-state index contributed by atoms with van der Waals surface area (Å²) in [6, 6.07) is 6.74. The quantitative estimate of drug-likeness (QED) is 0.670. The Kier molecular flexibility index (Phi) is 5.57. The Morgan fingerprint density at radius 1 is 1.06 bits per heavy atom. The van der Waals surface area contributed by atoms with Crippen LogP contribution in [0, 0.1) is 20.8 Å². The third-order valence-electron chi connectivity index (χ3n) is 5.72. The van der Waals surface area contributed by atoms with Crippen molar-refractivity contribution >= 4 is 32.7 Å². The minimum atomic E-state index is -3.60. The average Bonchev–Trinajstić information content (AvgIpc) is 3.02. The van der Waals surface area contributed by atoms with Gasteiger partial charge in [0.2, 0.25) is 10.0 Å². The SMILES string of the molecule is Cc1cc(C(=O)Nc2ccc(C)c(S(=O)(=O)N3CCCCC3)c2)c2c(C)nn(C)c2n1. The van der Waals surface area contributed by atoms with Crippen molar-refractivity contribution in [2.75, 3.05) is 18.4 Å². The summed E-state index contributed by atoms with van der Waals surface area (Å²) in [6.07, 6.45) is 2.79. The van der Waals surface area contributed by atoms with E-state index in [9.17, 15) is 13.2 Å². The maximum atomic E-state index is 13.2. The number of hydrogen-bond acceptors (Lipinski definition) is 5. The molecule has 4 rings (SSSR count). The van der Waals surface area contributed by atoms with Crippen LogP contribution in [0.1, 0.15) is 46.6 Å². The van der Waals surface area contributed by atoms with Crippen molar-refractivity contribution in [3.8, 4) is 0 Å². The molecule has 0 bridgehead atoms. The predicted octanol–water partition coefficient (Wildman–Crippen LogP) is 3.32. The number of fused-ring (bicyclic) bond motifs is 1. The lowest BCUT2D eigenvalue weighted by Gasteiger charge is -2.26. The molecular weight excluding hydrogens is 414 g/mol. The number of piperidine rings is 1. The molecule has 1 amide bonds. The molecule has 1 aliphatic heterocycles. The molecule has 3 aromatic rings. The third kappa shape index (κ3) is 3.95. The van der Waals surface area contributed by atoms with E-state index in [-0.39, 0.29) is 10.8 Å². The molecule has 31 heavy (non-hydrogen) atoms. The fourth-order valence-corrected chi connectivity index (χ4v) is 5.92. The van der Waals surface area contributed by atoms with E-state index in [4.69, 9.17) is 0 Å². The molecular formula is C22H27N5O3S. The van der Waals surface area contributed by atoms with E-state index in [2.05, 4.69) is 15.4 Å². The van der Waals surface area contributed by atoms with Crippen LogP contribution in [0.15, 0.2) is 29.2 Å². The monoisotopic (exact) mass is 441 g/mol. The number of hydrogen-bond donors (Lipinski definition) is 1. The number of aryl methyl sites for hydroxylation is 4. The number of rotatable bonds is 4. The van der Waals surface area contributed by atoms with Gasteiger partial charge in [0.15, 0.2) is 5.65 Å². The number of pyridine rings is 1. The van der Waals surface area contributed by atoms with E-state index in [1.165, 1.54) is 0 Å². The Morgan fingerprint density at radius 2 is 1.77 bits per heavy atom. The summed E-state index contributed by atoms with van der Waals surface area (Å²) >= 11 is 0. The zero-order valence-corrected chi connectivity index (χ0v) is 19.1. The van der Waals surface area contributed by atoms with Crippen molar-refractivity contribution in [3.63, 3.8) is 0 Å². The van der Waals surface area contributed by atoms with E-state index < -0.39 is 10.0 Å². The molecule has 0 spiro atoms. The molecule has 9 heteroatoms. The van der Waals surface area contributed by atoms with Gasteiger partial charge in [-0.25, -0.2) is 13.4 Å². The average molecular weight is 442 g/mol. The normalized spacial score (nSPS) is 15.4. The van der Waals surface area contributed by atoms with Gasteiger partial charge in [-0.05, 0) is 57.4 Å². The minimum absolute atomic E-state index is 0.237. The van der Waals surface area contributed by atoms with E-state index in [1.54, 1.807) is 47.2 Å². The first-order chi connectivity index (χ1) is 14.7. The fraction of sp³-hybridized carbons (Fsp3) is 0.409. The predicted molar refractivity (Wildman–Crippen MR) is 120 cm³/mol. The van der Waals surface area contributed by atoms with Crippen molar-refractivity contribution in [2.24, 2.45) is 7.05 Å². The lowest BCUT2D eigenvalue weighted by molar-refractivity contribution is 0.102. The van der Waals surface area contributed by atoms with Gasteiger partial charge in [-0.15, -0.1) is 0 Å². The topological polar surface area (TPSA) is 97.2 Å². The fourth-order valence-electron chi connectivity index (χ4n) is 4.15. The van der Waals surface area contributed by atoms with Crippen LogP contribution in [0.5, 0.6) is 0 Å². The Hall–Kier alpha value is -2.78. The molecule has 1 aromatic carbocycles. The number of carbonyl (C=O) groups excluding carboxylic acids is 1. The second-order valence-electron chi connectivity index (χ2n) is 8.12. The summed E-state index contributed by atoms with van der Waals surface area (Å²) in [5, 5.41) is 7.94. The number of carbonyl (C=O) groups is 1. The number of benzene rings is 1. The molecule has 0 aliphatic carbocycles. The molecule has 0 radical (unpaired) electrons. The molecule has 0 unspecified atom stereocenters. The van der Waals surface area contributed by atoms with Gasteiger partial charge in [0.05, 0.1) is 21.5 Å². The Bertz CT molecular complexity index is 1270. The number of amides is 1. The van der Waals surface area contributed by atoms with Crippen molar-refractivity contribution in [2.45, 2.75) is 44.9 Å². The van der Waals surface area contributed by atoms with Gasteiger partial charge in [0.1, 0.15) is 0 Å². The molecule has 0 saturated carbocycles. The molecule has 2 aromatic heterocycles. The van der Waals surface area contributed by atoms with Gasteiger partial charge in [0.25, 0.3) is 5.91 Å². The standard InChI is InChI=1S/C22H27N5O3S/c1-14-8-9-17(13-19(14)31(29,30)27-10-6-5-7-11-27)24-22(28)18-12-15(2)23-21-20(18)16(3)25-26(21)4/h8-9,12-13H,5-7,10-11H2,1-4H3,(H,24,28). The lowest BCUT2D eigenvalue weighted by Crippen LogP contribution is -2.36. The van der Waals surface area contributed by atoms with E-state index in [1.807, 2.05) is 13.8 Å². The third-order valence-corrected chi connectivity index (χ3v) is 7.76. The molecule has 1 fully saturated rings. The van der Waals surface area contributed by atoms with Crippen LogP contribution in [0.4, 0.5) is 5.69 Å². The summed E-state index contributed by atoms with van der Waals surface area (Å²) in [7, 11) is -1.81. The summed E-state index contributed by atoms with van der Waals surface area (Å²) in [5.74, 6) is -0.322. The smallest absolute Gasteiger partial charge is 0.256 e. The molecule has 1 saturated heterocycles. The summed E-state index contributed by atoms with van der Waals surface area (Å²) in [6.45, 7) is 6.51. The molecule has 164 valence electrons. The van der Waals surface area contributed by atoms with Crippen LogP contribution >= 0.6 is 0 Å². The minimum Gasteiger partial charge on any atom is -0.322 e. The van der Waals surface area contributed by atoms with E-state index in [0.717, 1.165) is 19.3 Å². The Labute approximate surface area is 182 Å². The first-order valence-electron chi connectivity index (χ1n) is 10.4. The maximum absolute atomic E-state index is 13.2. The van der Waals surface area contributed by atoms with E-state index in [0.29, 0.717) is 52.3 Å². The first kappa shape index (κ1) is 21.5. The molecule has 1 aliphatic rings. The molecule has 8 nitrogen and oxygen atoms in total. The Morgan fingerprint density at radius 3 is 2.48 bits per heavy atom. The van der Waals surface area contributed by atoms with Crippen molar-refractivity contribution in [1.82, 2.24) is 19.1 Å². The second-order valence-corrected chi connectivity index (χ2v) is 10.0.